The van der Waals surface area contributed by atoms with Crippen LogP contribution in [0.15, 0.2) is 24.3 Å². The Kier molecular flexibility index (Phi) is 6.06. The second-order valence-electron chi connectivity index (χ2n) is 4.74. The topological polar surface area (TPSA) is 58.2 Å². The van der Waals surface area contributed by atoms with Gasteiger partial charge in [-0.3, -0.25) is 9.59 Å². The first-order chi connectivity index (χ1) is 9.05. The molecule has 1 unspecified atom stereocenters. The summed E-state index contributed by atoms with van der Waals surface area (Å²) < 4.78 is 0. The summed E-state index contributed by atoms with van der Waals surface area (Å²) in [6.45, 7) is 5.94. The zero-order valence-electron chi connectivity index (χ0n) is 11.8. The lowest BCUT2D eigenvalue weighted by Gasteiger charge is -2.10. The van der Waals surface area contributed by atoms with Crippen molar-refractivity contribution in [2.24, 2.45) is 5.92 Å². The molecule has 0 bridgehead atoms. The Bertz CT molecular complexity index is 426. The van der Waals surface area contributed by atoms with E-state index in [0.717, 1.165) is 17.8 Å². The molecule has 0 spiro atoms. The number of carbonyl (C=O) groups is 2. The summed E-state index contributed by atoms with van der Waals surface area (Å²) in [4.78, 5) is 22.9. The average Bonchev–Trinajstić information content (AvgIpc) is 2.40. The molecule has 1 atom stereocenters. The van der Waals surface area contributed by atoms with E-state index in [-0.39, 0.29) is 11.8 Å². The maximum atomic E-state index is 11.7. The van der Waals surface area contributed by atoms with Crippen LogP contribution in [0.25, 0.3) is 0 Å². The molecule has 4 nitrogen and oxygen atoms in total. The smallest absolute Gasteiger partial charge is 0.224 e. The highest BCUT2D eigenvalue weighted by molar-refractivity contribution is 5.92. The molecule has 0 aliphatic rings. The summed E-state index contributed by atoms with van der Waals surface area (Å²) >= 11 is 0. The Labute approximate surface area is 114 Å². The van der Waals surface area contributed by atoms with Crippen molar-refractivity contribution in [3.05, 3.63) is 24.3 Å². The van der Waals surface area contributed by atoms with Gasteiger partial charge in [-0.05, 0) is 30.2 Å². The largest absolute Gasteiger partial charge is 0.326 e. The van der Waals surface area contributed by atoms with E-state index >= 15 is 0 Å². The second-order valence-corrected chi connectivity index (χ2v) is 4.74. The van der Waals surface area contributed by atoms with E-state index in [9.17, 15) is 9.59 Å². The van der Waals surface area contributed by atoms with Crippen molar-refractivity contribution in [2.45, 2.75) is 40.0 Å². The summed E-state index contributed by atoms with van der Waals surface area (Å²) in [5.41, 5.74) is 1.49. The lowest BCUT2D eigenvalue weighted by molar-refractivity contribution is -0.117. The number of anilines is 2. The number of nitrogens with one attached hydrogen (secondary N) is 2. The monoisotopic (exact) mass is 262 g/mol. The molecule has 0 heterocycles. The third kappa shape index (κ3) is 5.55. The minimum atomic E-state index is -0.0199. The molecule has 0 saturated carbocycles. The fourth-order valence-corrected chi connectivity index (χ4v) is 1.56. The zero-order valence-corrected chi connectivity index (χ0v) is 11.8. The van der Waals surface area contributed by atoms with Crippen molar-refractivity contribution in [2.75, 3.05) is 10.6 Å². The summed E-state index contributed by atoms with van der Waals surface area (Å²) in [7, 11) is 0. The molecule has 0 aliphatic heterocycles. The first-order valence-corrected chi connectivity index (χ1v) is 6.74. The molecule has 2 N–H and O–H groups in total. The van der Waals surface area contributed by atoms with Crippen LogP contribution in [0.3, 0.4) is 0 Å². The molecule has 19 heavy (non-hydrogen) atoms. The average molecular weight is 262 g/mol. The summed E-state index contributed by atoms with van der Waals surface area (Å²) in [6, 6.07) is 7.15. The van der Waals surface area contributed by atoms with Gasteiger partial charge in [0.15, 0.2) is 0 Å². The van der Waals surface area contributed by atoms with Gasteiger partial charge in [0, 0.05) is 24.2 Å². The number of hydrogen-bond acceptors (Lipinski definition) is 2. The maximum absolute atomic E-state index is 11.7. The lowest BCUT2D eigenvalue weighted by Crippen LogP contribution is -2.15. The van der Waals surface area contributed by atoms with Gasteiger partial charge in [-0.2, -0.15) is 0 Å². The molecular weight excluding hydrogens is 240 g/mol. The molecule has 0 saturated heterocycles. The Balaban J connectivity index is 2.52. The van der Waals surface area contributed by atoms with Crippen molar-refractivity contribution in [1.29, 1.82) is 0 Å². The molecule has 1 rings (SSSR count). The molecule has 2 amide bonds. The second kappa shape index (κ2) is 7.56. The molecule has 4 heteroatoms. The van der Waals surface area contributed by atoms with Gasteiger partial charge < -0.3 is 10.6 Å². The minimum Gasteiger partial charge on any atom is -0.326 e. The van der Waals surface area contributed by atoms with Gasteiger partial charge in [0.05, 0.1) is 0 Å². The van der Waals surface area contributed by atoms with Crippen LogP contribution in [0.2, 0.25) is 0 Å². The van der Waals surface area contributed by atoms with Crippen molar-refractivity contribution in [3.63, 3.8) is 0 Å². The fraction of sp³-hybridized carbons (Fsp3) is 0.467. The van der Waals surface area contributed by atoms with E-state index < -0.39 is 0 Å². The van der Waals surface area contributed by atoms with Crippen molar-refractivity contribution in [1.82, 2.24) is 0 Å². The van der Waals surface area contributed by atoms with Gasteiger partial charge >= 0.3 is 0 Å². The van der Waals surface area contributed by atoms with Crippen LogP contribution < -0.4 is 10.6 Å². The normalized spacial score (nSPS) is 11.7. The predicted molar refractivity (Wildman–Crippen MR) is 78.1 cm³/mol. The van der Waals surface area contributed by atoms with E-state index in [1.165, 1.54) is 0 Å². The summed E-state index contributed by atoms with van der Waals surface area (Å²) in [5.74, 6) is 0.399. The summed E-state index contributed by atoms with van der Waals surface area (Å²) in [5, 5.41) is 5.61. The fourth-order valence-electron chi connectivity index (χ4n) is 1.56. The predicted octanol–water partition coefficient (Wildman–Crippen LogP) is 3.41. The van der Waals surface area contributed by atoms with Gasteiger partial charge in [0.1, 0.15) is 0 Å². The maximum Gasteiger partial charge on any atom is 0.224 e. The van der Waals surface area contributed by atoms with Crippen LogP contribution in [0.5, 0.6) is 0 Å². The van der Waals surface area contributed by atoms with Crippen molar-refractivity contribution in [3.8, 4) is 0 Å². The van der Waals surface area contributed by atoms with Crippen molar-refractivity contribution < 1.29 is 9.59 Å². The van der Waals surface area contributed by atoms with Gasteiger partial charge in [-0.25, -0.2) is 0 Å². The van der Waals surface area contributed by atoms with Crippen LogP contribution in [0.4, 0.5) is 11.4 Å². The Morgan fingerprint density at radius 3 is 1.89 bits per heavy atom. The quantitative estimate of drug-likeness (QED) is 0.825. The molecule has 0 radical (unpaired) electrons. The van der Waals surface area contributed by atoms with E-state index in [2.05, 4.69) is 24.5 Å². The Morgan fingerprint density at radius 2 is 1.47 bits per heavy atom. The van der Waals surface area contributed by atoms with Crippen LogP contribution >= 0.6 is 0 Å². The van der Waals surface area contributed by atoms with E-state index in [1.807, 2.05) is 0 Å². The molecule has 0 aliphatic carbocycles. The molecule has 1 aromatic carbocycles. The van der Waals surface area contributed by atoms with Gasteiger partial charge in [-0.15, -0.1) is 0 Å². The van der Waals surface area contributed by atoms with Crippen LogP contribution in [0.1, 0.15) is 40.0 Å². The van der Waals surface area contributed by atoms with Crippen molar-refractivity contribution >= 4 is 23.2 Å². The van der Waals surface area contributed by atoms with Gasteiger partial charge in [-0.1, -0.05) is 27.2 Å². The minimum absolute atomic E-state index is 0.0199. The van der Waals surface area contributed by atoms with E-state index in [4.69, 9.17) is 0 Å². The number of carbonyl (C=O) groups excluding carboxylic acids is 2. The molecule has 0 fully saturated rings. The number of benzene rings is 1. The highest BCUT2D eigenvalue weighted by atomic mass is 16.2. The molecule has 0 aromatic heterocycles. The first kappa shape index (κ1) is 15.2. The van der Waals surface area contributed by atoms with Gasteiger partial charge in [0.2, 0.25) is 11.8 Å². The molecular formula is C15H22N2O2. The van der Waals surface area contributed by atoms with Gasteiger partial charge in [0.25, 0.3) is 0 Å². The Morgan fingerprint density at radius 1 is 1.00 bits per heavy atom. The molecule has 104 valence electrons. The van der Waals surface area contributed by atoms with E-state index in [0.29, 0.717) is 18.8 Å². The van der Waals surface area contributed by atoms with E-state index in [1.54, 1.807) is 31.2 Å². The van der Waals surface area contributed by atoms with Crippen LogP contribution in [-0.2, 0) is 9.59 Å². The standard InChI is InChI=1S/C15H22N2O2/c1-4-11(3)10-15(19)17-13-8-6-12(7-9-13)16-14(18)5-2/h6-9,11H,4-5,10H2,1-3H3,(H,16,18)(H,17,19). The third-order valence-corrected chi connectivity index (χ3v) is 3.00. The SMILES string of the molecule is CCC(=O)Nc1ccc(NC(=O)CC(C)CC)cc1. The number of rotatable bonds is 6. The van der Waals surface area contributed by atoms with Crippen LogP contribution in [0, 0.1) is 5.92 Å². The number of hydrogen-bond donors (Lipinski definition) is 2. The summed E-state index contributed by atoms with van der Waals surface area (Å²) in [6.07, 6.45) is 1.98. The third-order valence-electron chi connectivity index (χ3n) is 3.00. The highest BCUT2D eigenvalue weighted by Crippen LogP contribution is 2.15. The highest BCUT2D eigenvalue weighted by Gasteiger charge is 2.07. The zero-order chi connectivity index (χ0) is 14.3. The Hall–Kier alpha value is -1.84. The first-order valence-electron chi connectivity index (χ1n) is 6.74. The number of amides is 2. The van der Waals surface area contributed by atoms with Crippen LogP contribution in [-0.4, -0.2) is 11.8 Å². The lowest BCUT2D eigenvalue weighted by atomic mass is 10.1. The molecule has 1 aromatic rings.